The van der Waals surface area contributed by atoms with Crippen molar-refractivity contribution in [2.45, 2.75) is 12.5 Å². The van der Waals surface area contributed by atoms with Gasteiger partial charge in [-0.25, -0.2) is 0 Å². The molecule has 0 aliphatic rings. The van der Waals surface area contributed by atoms with Gasteiger partial charge in [-0.15, -0.1) is 5.10 Å². The van der Waals surface area contributed by atoms with Crippen LogP contribution in [0.25, 0.3) is 0 Å². The quantitative estimate of drug-likeness (QED) is 0.653. The minimum Gasteiger partial charge on any atom is -0.271 e. The number of pyridine rings is 1. The lowest BCUT2D eigenvalue weighted by atomic mass is 10.1. The molecule has 0 spiro atoms. The van der Waals surface area contributed by atoms with Gasteiger partial charge in [0.15, 0.2) is 0 Å². The Hall–Kier alpha value is -1.21. The molecule has 0 saturated heterocycles. The maximum absolute atomic E-state index is 6.09. The Morgan fingerprint density at radius 2 is 2.28 bits per heavy atom. The van der Waals surface area contributed by atoms with Crippen molar-refractivity contribution >= 4 is 23.2 Å². The number of nitrogens with one attached hydrogen (secondary N) is 1. The van der Waals surface area contributed by atoms with Gasteiger partial charge in [0.25, 0.3) is 0 Å². The molecule has 0 bridgehead atoms. The molecule has 0 radical (unpaired) electrons. The molecule has 1 unspecified atom stereocenters. The molecule has 6 nitrogen and oxygen atoms in total. The fourth-order valence-electron chi connectivity index (χ4n) is 1.61. The van der Waals surface area contributed by atoms with Crippen LogP contribution in [0.1, 0.15) is 17.4 Å². The highest BCUT2D eigenvalue weighted by Gasteiger charge is 2.17. The molecular weight excluding hydrogens is 275 g/mol. The van der Waals surface area contributed by atoms with Crippen LogP contribution in [-0.4, -0.2) is 20.0 Å². The summed E-state index contributed by atoms with van der Waals surface area (Å²) >= 11 is 11.9. The van der Waals surface area contributed by atoms with Crippen LogP contribution < -0.4 is 11.3 Å². The average Bonchev–Trinajstić information content (AvgIpc) is 2.72. The summed E-state index contributed by atoms with van der Waals surface area (Å²) in [6, 6.07) is 1.39. The number of hydrogen-bond donors (Lipinski definition) is 2. The second kappa shape index (κ2) is 5.62. The van der Waals surface area contributed by atoms with Gasteiger partial charge in [0, 0.05) is 25.9 Å². The molecule has 2 heterocycles. The zero-order chi connectivity index (χ0) is 13.1. The number of hydrazine groups is 1. The summed E-state index contributed by atoms with van der Waals surface area (Å²) in [4.78, 5) is 4.19. The van der Waals surface area contributed by atoms with Crippen molar-refractivity contribution in [2.24, 2.45) is 12.9 Å². The predicted octanol–water partition coefficient (Wildman–Crippen LogP) is 1.26. The summed E-state index contributed by atoms with van der Waals surface area (Å²) in [5.74, 6) is 5.53. The summed E-state index contributed by atoms with van der Waals surface area (Å²) in [5, 5.41) is 8.81. The number of hydrogen-bond acceptors (Lipinski definition) is 5. The van der Waals surface area contributed by atoms with Crippen LogP contribution in [-0.2, 0) is 13.5 Å². The van der Waals surface area contributed by atoms with Crippen molar-refractivity contribution in [3.8, 4) is 0 Å². The Morgan fingerprint density at radius 1 is 1.50 bits per heavy atom. The highest BCUT2D eigenvalue weighted by atomic mass is 35.5. The normalized spacial score (nSPS) is 12.7. The van der Waals surface area contributed by atoms with E-state index in [-0.39, 0.29) is 6.04 Å². The number of nitrogens with zero attached hydrogens (tertiary/aromatic N) is 4. The second-order valence-corrected chi connectivity index (χ2v) is 4.67. The molecule has 0 fully saturated rings. The zero-order valence-electron chi connectivity index (χ0n) is 9.64. The molecule has 2 aromatic rings. The van der Waals surface area contributed by atoms with E-state index in [9.17, 15) is 0 Å². The SMILES string of the molecule is Cn1cc(CC(NN)c2ncc(Cl)cc2Cl)nn1. The summed E-state index contributed by atoms with van der Waals surface area (Å²) in [6.07, 6.45) is 3.89. The minimum atomic E-state index is -0.244. The van der Waals surface area contributed by atoms with Crippen LogP contribution in [0.4, 0.5) is 0 Å². The fourth-order valence-corrected chi connectivity index (χ4v) is 2.13. The number of aromatic nitrogens is 4. The number of rotatable bonds is 4. The number of halogens is 2. The first kappa shape index (κ1) is 13.2. The number of nitrogens with two attached hydrogens (primary N) is 1. The molecule has 0 aromatic carbocycles. The lowest BCUT2D eigenvalue weighted by Gasteiger charge is -2.15. The van der Waals surface area contributed by atoms with Crippen LogP contribution in [0.2, 0.25) is 10.0 Å². The minimum absolute atomic E-state index is 0.244. The fraction of sp³-hybridized carbons (Fsp3) is 0.300. The third-order valence-corrected chi connectivity index (χ3v) is 2.94. The van der Waals surface area contributed by atoms with Crippen molar-refractivity contribution in [3.63, 3.8) is 0 Å². The van der Waals surface area contributed by atoms with Crippen LogP contribution in [0.15, 0.2) is 18.5 Å². The summed E-state index contributed by atoms with van der Waals surface area (Å²) < 4.78 is 1.62. The first-order valence-corrected chi connectivity index (χ1v) is 5.98. The van der Waals surface area contributed by atoms with E-state index in [1.807, 2.05) is 6.20 Å². The van der Waals surface area contributed by atoms with Gasteiger partial charge in [0.2, 0.25) is 0 Å². The summed E-state index contributed by atoms with van der Waals surface area (Å²) in [7, 11) is 1.80. The van der Waals surface area contributed by atoms with Crippen molar-refractivity contribution in [1.82, 2.24) is 25.4 Å². The second-order valence-electron chi connectivity index (χ2n) is 3.83. The molecule has 0 amide bonds. The zero-order valence-corrected chi connectivity index (χ0v) is 11.2. The van der Waals surface area contributed by atoms with Gasteiger partial charge in [-0.05, 0) is 6.07 Å². The molecule has 0 aliphatic heterocycles. The third kappa shape index (κ3) is 2.97. The molecular formula is C10H12Cl2N6. The highest BCUT2D eigenvalue weighted by molar-refractivity contribution is 6.34. The third-order valence-electron chi connectivity index (χ3n) is 2.43. The maximum Gasteiger partial charge on any atom is 0.0847 e. The largest absolute Gasteiger partial charge is 0.271 e. The van der Waals surface area contributed by atoms with Gasteiger partial charge in [-0.3, -0.25) is 20.9 Å². The van der Waals surface area contributed by atoms with E-state index in [0.29, 0.717) is 22.2 Å². The summed E-state index contributed by atoms with van der Waals surface area (Å²) in [5.41, 5.74) is 4.10. The molecule has 0 aliphatic carbocycles. The van der Waals surface area contributed by atoms with Crippen LogP contribution in [0, 0.1) is 0 Å². The first-order valence-electron chi connectivity index (χ1n) is 5.22. The first-order chi connectivity index (χ1) is 8.60. The Balaban J connectivity index is 2.22. The van der Waals surface area contributed by atoms with Crippen LogP contribution in [0.5, 0.6) is 0 Å². The van der Waals surface area contributed by atoms with Crippen molar-refractivity contribution in [1.29, 1.82) is 0 Å². The summed E-state index contributed by atoms with van der Waals surface area (Å²) in [6.45, 7) is 0. The van der Waals surface area contributed by atoms with E-state index in [4.69, 9.17) is 29.0 Å². The maximum atomic E-state index is 6.09. The van der Waals surface area contributed by atoms with Gasteiger partial charge in [-0.2, -0.15) is 0 Å². The van der Waals surface area contributed by atoms with Crippen molar-refractivity contribution in [3.05, 3.63) is 39.9 Å². The molecule has 96 valence electrons. The topological polar surface area (TPSA) is 81.7 Å². The van der Waals surface area contributed by atoms with E-state index < -0.39 is 0 Å². The molecule has 18 heavy (non-hydrogen) atoms. The van der Waals surface area contributed by atoms with E-state index >= 15 is 0 Å². The van der Waals surface area contributed by atoms with E-state index in [1.165, 1.54) is 6.20 Å². The molecule has 2 rings (SSSR count). The standard InChI is InChI=1S/C10H12Cl2N6/c1-18-5-7(16-17-18)3-9(15-13)10-8(12)2-6(11)4-14-10/h2,4-5,9,15H,3,13H2,1H3. The van der Waals surface area contributed by atoms with Gasteiger partial charge < -0.3 is 0 Å². The van der Waals surface area contributed by atoms with Crippen molar-refractivity contribution in [2.75, 3.05) is 0 Å². The van der Waals surface area contributed by atoms with Gasteiger partial charge in [0.05, 0.1) is 27.5 Å². The van der Waals surface area contributed by atoms with E-state index in [0.717, 1.165) is 5.69 Å². The van der Waals surface area contributed by atoms with E-state index in [2.05, 4.69) is 20.7 Å². The Morgan fingerprint density at radius 3 is 2.83 bits per heavy atom. The molecule has 2 aromatic heterocycles. The molecule has 0 saturated carbocycles. The Kier molecular flexibility index (Phi) is 4.13. The van der Waals surface area contributed by atoms with Gasteiger partial charge >= 0.3 is 0 Å². The molecule has 3 N–H and O–H groups in total. The van der Waals surface area contributed by atoms with Crippen LogP contribution in [0.3, 0.4) is 0 Å². The highest BCUT2D eigenvalue weighted by Crippen LogP contribution is 2.25. The Bertz CT molecular complexity index is 541. The average molecular weight is 287 g/mol. The lowest BCUT2D eigenvalue weighted by Crippen LogP contribution is -2.30. The van der Waals surface area contributed by atoms with Gasteiger partial charge in [0.1, 0.15) is 0 Å². The van der Waals surface area contributed by atoms with Crippen molar-refractivity contribution < 1.29 is 0 Å². The predicted molar refractivity (Wildman–Crippen MR) is 69.0 cm³/mol. The van der Waals surface area contributed by atoms with Gasteiger partial charge in [-0.1, -0.05) is 28.4 Å². The molecule has 8 heteroatoms. The molecule has 1 atom stereocenters. The lowest BCUT2D eigenvalue weighted by molar-refractivity contribution is 0.532. The number of aryl methyl sites for hydroxylation is 1. The van der Waals surface area contributed by atoms with E-state index in [1.54, 1.807) is 17.8 Å². The van der Waals surface area contributed by atoms with Crippen LogP contribution >= 0.6 is 23.2 Å². The smallest absolute Gasteiger partial charge is 0.0847 e. The Labute approximate surface area is 114 Å². The monoisotopic (exact) mass is 286 g/mol.